The Bertz CT molecular complexity index is 730. The van der Waals surface area contributed by atoms with Gasteiger partial charge < -0.3 is 10.3 Å². The molecule has 0 spiro atoms. The van der Waals surface area contributed by atoms with Crippen molar-refractivity contribution in [3.8, 4) is 11.4 Å². The first kappa shape index (κ1) is 11.8. The molecular weight excluding hydrogens is 238 g/mol. The number of H-pyrrole nitrogens is 1. The SMILES string of the molecule is CC(C)(C)n1c(-c2cn[nH]c2N)nc2ccccc21. The van der Waals surface area contributed by atoms with Gasteiger partial charge in [0, 0.05) is 5.54 Å². The molecule has 0 amide bonds. The van der Waals surface area contributed by atoms with Crippen LogP contribution in [0.15, 0.2) is 30.5 Å². The normalized spacial score (nSPS) is 12.2. The third-order valence-corrected chi connectivity index (χ3v) is 3.14. The summed E-state index contributed by atoms with van der Waals surface area (Å²) in [6, 6.07) is 8.10. The van der Waals surface area contributed by atoms with Crippen molar-refractivity contribution in [2.45, 2.75) is 26.3 Å². The van der Waals surface area contributed by atoms with Gasteiger partial charge in [-0.15, -0.1) is 0 Å². The van der Waals surface area contributed by atoms with Gasteiger partial charge in [-0.3, -0.25) is 5.10 Å². The Morgan fingerprint density at radius 3 is 2.58 bits per heavy atom. The minimum absolute atomic E-state index is 0.0881. The molecule has 0 aliphatic heterocycles. The molecule has 3 rings (SSSR count). The van der Waals surface area contributed by atoms with Gasteiger partial charge in [-0.1, -0.05) is 12.1 Å². The van der Waals surface area contributed by atoms with Crippen molar-refractivity contribution in [1.29, 1.82) is 0 Å². The minimum Gasteiger partial charge on any atom is -0.383 e. The topological polar surface area (TPSA) is 72.5 Å². The average Bonchev–Trinajstić information content (AvgIpc) is 2.90. The van der Waals surface area contributed by atoms with Crippen molar-refractivity contribution in [2.24, 2.45) is 0 Å². The van der Waals surface area contributed by atoms with Crippen LogP contribution in [0.1, 0.15) is 20.8 Å². The largest absolute Gasteiger partial charge is 0.383 e. The third-order valence-electron chi connectivity index (χ3n) is 3.14. The van der Waals surface area contributed by atoms with E-state index in [1.807, 2.05) is 18.2 Å². The van der Waals surface area contributed by atoms with Gasteiger partial charge in [-0.2, -0.15) is 5.10 Å². The number of imidazole rings is 1. The van der Waals surface area contributed by atoms with Crippen LogP contribution >= 0.6 is 0 Å². The summed E-state index contributed by atoms with van der Waals surface area (Å²) < 4.78 is 2.20. The van der Waals surface area contributed by atoms with Crippen molar-refractivity contribution in [3.05, 3.63) is 30.5 Å². The summed E-state index contributed by atoms with van der Waals surface area (Å²) in [6.45, 7) is 6.46. The first-order chi connectivity index (χ1) is 8.98. The van der Waals surface area contributed by atoms with Gasteiger partial charge in [0.25, 0.3) is 0 Å². The van der Waals surface area contributed by atoms with Gasteiger partial charge >= 0.3 is 0 Å². The smallest absolute Gasteiger partial charge is 0.146 e. The standard InChI is InChI=1S/C14H17N5/c1-14(2,3)19-11-7-5-4-6-10(11)17-13(19)9-8-16-18-12(9)15/h4-8H,1-3H3,(H3,15,16,18). The number of aromatic nitrogens is 4. The number of nitrogen functional groups attached to an aromatic ring is 1. The van der Waals surface area contributed by atoms with Crippen molar-refractivity contribution < 1.29 is 0 Å². The predicted octanol–water partition coefficient (Wildman–Crippen LogP) is 2.76. The van der Waals surface area contributed by atoms with Gasteiger partial charge in [0.1, 0.15) is 11.6 Å². The molecule has 0 fully saturated rings. The highest BCUT2D eigenvalue weighted by Gasteiger charge is 2.23. The number of fused-ring (bicyclic) bond motifs is 1. The van der Waals surface area contributed by atoms with Crippen LogP contribution in [-0.2, 0) is 5.54 Å². The zero-order valence-electron chi connectivity index (χ0n) is 11.3. The summed E-state index contributed by atoms with van der Waals surface area (Å²) >= 11 is 0. The monoisotopic (exact) mass is 255 g/mol. The molecule has 1 aromatic carbocycles. The van der Waals surface area contributed by atoms with E-state index in [9.17, 15) is 0 Å². The van der Waals surface area contributed by atoms with Crippen LogP contribution in [0, 0.1) is 0 Å². The Morgan fingerprint density at radius 1 is 1.21 bits per heavy atom. The number of rotatable bonds is 1. The number of aromatic amines is 1. The lowest BCUT2D eigenvalue weighted by atomic mass is 10.1. The highest BCUT2D eigenvalue weighted by atomic mass is 15.2. The summed E-state index contributed by atoms with van der Waals surface area (Å²) in [6.07, 6.45) is 1.72. The van der Waals surface area contributed by atoms with E-state index < -0.39 is 0 Å². The third kappa shape index (κ3) is 1.78. The molecule has 3 aromatic rings. The second-order valence-electron chi connectivity index (χ2n) is 5.63. The lowest BCUT2D eigenvalue weighted by molar-refractivity contribution is 0.413. The second-order valence-corrected chi connectivity index (χ2v) is 5.63. The number of nitrogens with two attached hydrogens (primary N) is 1. The number of nitrogens with one attached hydrogen (secondary N) is 1. The van der Waals surface area contributed by atoms with Gasteiger partial charge in [-0.25, -0.2) is 4.98 Å². The number of hydrogen-bond acceptors (Lipinski definition) is 3. The molecule has 98 valence electrons. The van der Waals surface area contributed by atoms with Crippen LogP contribution in [0.2, 0.25) is 0 Å². The quantitative estimate of drug-likeness (QED) is 0.702. The number of para-hydroxylation sites is 2. The van der Waals surface area contributed by atoms with Crippen LogP contribution < -0.4 is 5.73 Å². The van der Waals surface area contributed by atoms with Crippen LogP contribution in [0.3, 0.4) is 0 Å². The Hall–Kier alpha value is -2.30. The Labute approximate surface area is 111 Å². The molecule has 0 unspecified atom stereocenters. The summed E-state index contributed by atoms with van der Waals surface area (Å²) in [5.74, 6) is 1.39. The molecule has 2 aromatic heterocycles. The molecule has 0 aliphatic rings. The molecule has 0 atom stereocenters. The average molecular weight is 255 g/mol. The number of anilines is 1. The summed E-state index contributed by atoms with van der Waals surface area (Å²) in [4.78, 5) is 4.71. The maximum absolute atomic E-state index is 5.94. The fourth-order valence-corrected chi connectivity index (χ4v) is 2.36. The molecule has 5 nitrogen and oxygen atoms in total. The lowest BCUT2D eigenvalue weighted by Gasteiger charge is -2.24. The first-order valence-electron chi connectivity index (χ1n) is 6.25. The molecular formula is C14H17N5. The minimum atomic E-state index is -0.0881. The fraction of sp³-hybridized carbons (Fsp3) is 0.286. The summed E-state index contributed by atoms with van der Waals surface area (Å²) in [5, 5.41) is 6.75. The van der Waals surface area contributed by atoms with E-state index in [4.69, 9.17) is 10.7 Å². The Kier molecular flexibility index (Phi) is 2.38. The van der Waals surface area contributed by atoms with Crippen LogP contribution in [0.25, 0.3) is 22.4 Å². The van der Waals surface area contributed by atoms with Crippen LogP contribution in [-0.4, -0.2) is 19.7 Å². The molecule has 5 heteroatoms. The van der Waals surface area contributed by atoms with Crippen molar-refractivity contribution in [2.75, 3.05) is 5.73 Å². The van der Waals surface area contributed by atoms with E-state index >= 15 is 0 Å². The van der Waals surface area contributed by atoms with Gasteiger partial charge in [0.05, 0.1) is 22.8 Å². The van der Waals surface area contributed by atoms with Crippen molar-refractivity contribution >= 4 is 16.9 Å². The molecule has 0 aliphatic carbocycles. The van der Waals surface area contributed by atoms with E-state index in [0.29, 0.717) is 5.82 Å². The summed E-state index contributed by atoms with van der Waals surface area (Å²) in [5.41, 5.74) is 8.75. The second kappa shape index (κ2) is 3.85. The highest BCUT2D eigenvalue weighted by Crippen LogP contribution is 2.32. The Morgan fingerprint density at radius 2 is 1.95 bits per heavy atom. The number of hydrogen-bond donors (Lipinski definition) is 2. The van der Waals surface area contributed by atoms with E-state index in [0.717, 1.165) is 22.4 Å². The summed E-state index contributed by atoms with van der Waals surface area (Å²) in [7, 11) is 0. The van der Waals surface area contributed by atoms with Gasteiger partial charge in [-0.05, 0) is 32.9 Å². The van der Waals surface area contributed by atoms with E-state index in [1.54, 1.807) is 6.20 Å². The molecule has 3 N–H and O–H groups in total. The van der Waals surface area contributed by atoms with Gasteiger partial charge in [0.2, 0.25) is 0 Å². The maximum atomic E-state index is 5.94. The zero-order valence-corrected chi connectivity index (χ0v) is 11.3. The van der Waals surface area contributed by atoms with E-state index in [1.165, 1.54) is 0 Å². The lowest BCUT2D eigenvalue weighted by Crippen LogP contribution is -2.22. The van der Waals surface area contributed by atoms with Crippen LogP contribution in [0.5, 0.6) is 0 Å². The highest BCUT2D eigenvalue weighted by molar-refractivity contribution is 5.83. The van der Waals surface area contributed by atoms with Gasteiger partial charge in [0.15, 0.2) is 0 Å². The van der Waals surface area contributed by atoms with Crippen molar-refractivity contribution in [3.63, 3.8) is 0 Å². The molecule has 0 saturated heterocycles. The molecule has 2 heterocycles. The van der Waals surface area contributed by atoms with E-state index in [2.05, 4.69) is 41.6 Å². The number of benzene rings is 1. The first-order valence-corrected chi connectivity index (χ1v) is 6.25. The fourth-order valence-electron chi connectivity index (χ4n) is 2.36. The van der Waals surface area contributed by atoms with E-state index in [-0.39, 0.29) is 5.54 Å². The molecule has 19 heavy (non-hydrogen) atoms. The number of nitrogens with zero attached hydrogens (tertiary/aromatic N) is 3. The molecule has 0 saturated carbocycles. The predicted molar refractivity (Wildman–Crippen MR) is 76.7 cm³/mol. The molecule has 0 bridgehead atoms. The Balaban J connectivity index is 2.39. The zero-order chi connectivity index (χ0) is 13.6. The maximum Gasteiger partial charge on any atom is 0.146 e. The van der Waals surface area contributed by atoms with Crippen LogP contribution in [0.4, 0.5) is 5.82 Å². The molecule has 0 radical (unpaired) electrons. The van der Waals surface area contributed by atoms with Crippen molar-refractivity contribution in [1.82, 2.24) is 19.7 Å².